The minimum absolute atomic E-state index is 0.0572. The Morgan fingerprint density at radius 2 is 1.81 bits per heavy atom. The van der Waals surface area contributed by atoms with Gasteiger partial charge in [-0.05, 0) is 31.1 Å². The van der Waals surface area contributed by atoms with E-state index >= 15 is 0 Å². The molecule has 1 aliphatic rings. The van der Waals surface area contributed by atoms with Crippen molar-refractivity contribution in [2.75, 3.05) is 6.54 Å². The van der Waals surface area contributed by atoms with Gasteiger partial charge in [0.05, 0.1) is 5.41 Å². The molecule has 0 aliphatic heterocycles. The predicted octanol–water partition coefficient (Wildman–Crippen LogP) is 3.46. The largest absolute Gasteiger partial charge is 0.481 e. The molecule has 0 radical (unpaired) electrons. The summed E-state index contributed by atoms with van der Waals surface area (Å²) >= 11 is 0. The van der Waals surface area contributed by atoms with Crippen LogP contribution in [0.4, 0.5) is 0 Å². The fraction of sp³-hybridized carbons (Fsp3) is 0.882. The second-order valence-electron chi connectivity index (χ2n) is 7.32. The SMILES string of the molecule is CC1CCC(CCNC(=O)CC(C)(C(=O)O)C(C)C)CC1. The lowest BCUT2D eigenvalue weighted by molar-refractivity contribution is -0.153. The van der Waals surface area contributed by atoms with E-state index in [1.54, 1.807) is 6.92 Å². The van der Waals surface area contributed by atoms with Crippen LogP contribution in [-0.4, -0.2) is 23.5 Å². The molecule has 21 heavy (non-hydrogen) atoms. The normalized spacial score (nSPS) is 25.4. The van der Waals surface area contributed by atoms with Crippen LogP contribution in [0.5, 0.6) is 0 Å². The second kappa shape index (κ2) is 7.81. The van der Waals surface area contributed by atoms with Gasteiger partial charge in [-0.1, -0.05) is 46.5 Å². The molecule has 0 aromatic carbocycles. The van der Waals surface area contributed by atoms with E-state index in [1.807, 2.05) is 13.8 Å². The molecule has 1 atom stereocenters. The lowest BCUT2D eigenvalue weighted by atomic mass is 9.76. The van der Waals surface area contributed by atoms with Crippen LogP contribution in [0.3, 0.4) is 0 Å². The number of aliphatic carboxylic acids is 1. The maximum absolute atomic E-state index is 12.0. The lowest BCUT2D eigenvalue weighted by Gasteiger charge is -2.29. The van der Waals surface area contributed by atoms with Crippen molar-refractivity contribution in [1.82, 2.24) is 5.32 Å². The minimum atomic E-state index is -0.982. The molecule has 4 heteroatoms. The highest BCUT2D eigenvalue weighted by molar-refractivity contribution is 5.84. The van der Waals surface area contributed by atoms with Crippen molar-refractivity contribution >= 4 is 11.9 Å². The van der Waals surface area contributed by atoms with Gasteiger partial charge in [-0.25, -0.2) is 0 Å². The Bertz CT molecular complexity index is 359. The molecule has 1 rings (SSSR count). The Labute approximate surface area is 128 Å². The van der Waals surface area contributed by atoms with E-state index in [0.717, 1.165) is 18.3 Å². The number of carboxylic acids is 1. The predicted molar refractivity (Wildman–Crippen MR) is 83.9 cm³/mol. The summed E-state index contributed by atoms with van der Waals surface area (Å²) in [5, 5.41) is 12.2. The highest BCUT2D eigenvalue weighted by atomic mass is 16.4. The molecule has 1 saturated carbocycles. The van der Waals surface area contributed by atoms with Crippen LogP contribution in [0.15, 0.2) is 0 Å². The molecule has 0 saturated heterocycles. The van der Waals surface area contributed by atoms with Crippen LogP contribution in [-0.2, 0) is 9.59 Å². The third-order valence-corrected chi connectivity index (χ3v) is 5.30. The Morgan fingerprint density at radius 1 is 1.24 bits per heavy atom. The lowest BCUT2D eigenvalue weighted by Crippen LogP contribution is -2.39. The number of nitrogens with one attached hydrogen (secondary N) is 1. The summed E-state index contributed by atoms with van der Waals surface area (Å²) in [5.74, 6) is 0.461. The van der Waals surface area contributed by atoms with Gasteiger partial charge in [-0.3, -0.25) is 9.59 Å². The first-order chi connectivity index (χ1) is 9.75. The zero-order valence-corrected chi connectivity index (χ0v) is 13.9. The average Bonchev–Trinajstić information content (AvgIpc) is 2.40. The molecule has 0 bridgehead atoms. The zero-order valence-electron chi connectivity index (χ0n) is 13.9. The molecule has 0 spiro atoms. The van der Waals surface area contributed by atoms with Crippen molar-refractivity contribution in [1.29, 1.82) is 0 Å². The van der Waals surface area contributed by atoms with E-state index in [1.165, 1.54) is 25.7 Å². The molecular weight excluding hydrogens is 266 g/mol. The number of carboxylic acid groups (broad SMARTS) is 1. The van der Waals surface area contributed by atoms with Crippen molar-refractivity contribution < 1.29 is 14.7 Å². The second-order valence-corrected chi connectivity index (χ2v) is 7.32. The van der Waals surface area contributed by atoms with Gasteiger partial charge in [0.1, 0.15) is 0 Å². The highest BCUT2D eigenvalue weighted by Crippen LogP contribution is 2.32. The van der Waals surface area contributed by atoms with E-state index in [2.05, 4.69) is 12.2 Å². The summed E-state index contributed by atoms with van der Waals surface area (Å²) in [6.07, 6.45) is 6.18. The number of carbonyl (C=O) groups is 2. The van der Waals surface area contributed by atoms with Gasteiger partial charge in [0.2, 0.25) is 5.91 Å². The number of carbonyl (C=O) groups excluding carboxylic acids is 1. The molecule has 2 N–H and O–H groups in total. The first-order valence-corrected chi connectivity index (χ1v) is 8.25. The van der Waals surface area contributed by atoms with Gasteiger partial charge in [0.25, 0.3) is 0 Å². The number of amides is 1. The van der Waals surface area contributed by atoms with Crippen molar-refractivity contribution in [2.45, 2.75) is 66.2 Å². The molecular formula is C17H31NO3. The summed E-state index contributed by atoms with van der Waals surface area (Å²) in [7, 11) is 0. The molecule has 122 valence electrons. The van der Waals surface area contributed by atoms with E-state index in [9.17, 15) is 14.7 Å². The molecule has 0 aromatic rings. The first kappa shape index (κ1) is 18.0. The topological polar surface area (TPSA) is 66.4 Å². The van der Waals surface area contributed by atoms with Gasteiger partial charge in [0.15, 0.2) is 0 Å². The fourth-order valence-corrected chi connectivity index (χ4v) is 2.96. The van der Waals surface area contributed by atoms with E-state index < -0.39 is 11.4 Å². The van der Waals surface area contributed by atoms with Crippen LogP contribution in [0, 0.1) is 23.2 Å². The van der Waals surface area contributed by atoms with Gasteiger partial charge in [-0.2, -0.15) is 0 Å². The van der Waals surface area contributed by atoms with Gasteiger partial charge < -0.3 is 10.4 Å². The van der Waals surface area contributed by atoms with Crippen molar-refractivity contribution in [3.8, 4) is 0 Å². The van der Waals surface area contributed by atoms with Crippen molar-refractivity contribution in [2.24, 2.45) is 23.2 Å². The Kier molecular flexibility index (Phi) is 6.69. The Balaban J connectivity index is 2.32. The van der Waals surface area contributed by atoms with Gasteiger partial charge >= 0.3 is 5.97 Å². The van der Waals surface area contributed by atoms with Crippen LogP contribution in [0.25, 0.3) is 0 Å². The smallest absolute Gasteiger partial charge is 0.310 e. The maximum atomic E-state index is 12.0. The van der Waals surface area contributed by atoms with Crippen LogP contribution < -0.4 is 5.32 Å². The molecule has 1 amide bonds. The summed E-state index contributed by atoms with van der Waals surface area (Å²) in [6.45, 7) is 8.33. The number of rotatable bonds is 7. The number of hydrogen-bond donors (Lipinski definition) is 2. The maximum Gasteiger partial charge on any atom is 0.310 e. The molecule has 1 aliphatic carbocycles. The summed E-state index contributed by atoms with van der Waals surface area (Å²) in [5.41, 5.74) is -0.982. The average molecular weight is 297 g/mol. The monoisotopic (exact) mass is 297 g/mol. The van der Waals surface area contributed by atoms with Gasteiger partial charge in [-0.15, -0.1) is 0 Å². The third kappa shape index (κ3) is 5.33. The molecule has 0 heterocycles. The summed E-state index contributed by atoms with van der Waals surface area (Å²) in [4.78, 5) is 23.4. The molecule has 0 aromatic heterocycles. The molecule has 1 unspecified atom stereocenters. The Morgan fingerprint density at radius 3 is 2.29 bits per heavy atom. The molecule has 1 fully saturated rings. The number of hydrogen-bond acceptors (Lipinski definition) is 2. The van der Waals surface area contributed by atoms with E-state index in [-0.39, 0.29) is 18.2 Å². The highest BCUT2D eigenvalue weighted by Gasteiger charge is 2.38. The van der Waals surface area contributed by atoms with Crippen molar-refractivity contribution in [3.63, 3.8) is 0 Å². The van der Waals surface area contributed by atoms with E-state index in [4.69, 9.17) is 0 Å². The minimum Gasteiger partial charge on any atom is -0.481 e. The van der Waals surface area contributed by atoms with Crippen LogP contribution >= 0.6 is 0 Å². The zero-order chi connectivity index (χ0) is 16.0. The van der Waals surface area contributed by atoms with Crippen LogP contribution in [0.1, 0.15) is 66.2 Å². The van der Waals surface area contributed by atoms with Gasteiger partial charge in [0, 0.05) is 13.0 Å². The summed E-state index contributed by atoms with van der Waals surface area (Å²) < 4.78 is 0. The molecule has 4 nitrogen and oxygen atoms in total. The Hall–Kier alpha value is -1.06. The summed E-state index contributed by atoms with van der Waals surface area (Å²) in [6, 6.07) is 0. The van der Waals surface area contributed by atoms with Crippen LogP contribution in [0.2, 0.25) is 0 Å². The third-order valence-electron chi connectivity index (χ3n) is 5.30. The standard InChI is InChI=1S/C17H31NO3/c1-12(2)17(4,16(20)21)11-15(19)18-10-9-14-7-5-13(3)6-8-14/h12-14H,5-11H2,1-4H3,(H,18,19)(H,20,21). The van der Waals surface area contributed by atoms with Crippen molar-refractivity contribution in [3.05, 3.63) is 0 Å². The van der Waals surface area contributed by atoms with E-state index in [0.29, 0.717) is 6.54 Å². The fourth-order valence-electron chi connectivity index (χ4n) is 2.96. The quantitative estimate of drug-likeness (QED) is 0.756. The first-order valence-electron chi connectivity index (χ1n) is 8.25.